The van der Waals surface area contributed by atoms with E-state index in [4.69, 9.17) is 17.0 Å². The van der Waals surface area contributed by atoms with Gasteiger partial charge in [-0.05, 0) is 50.6 Å². The van der Waals surface area contributed by atoms with Crippen LogP contribution in [0.5, 0.6) is 11.6 Å². The summed E-state index contributed by atoms with van der Waals surface area (Å²) in [7, 11) is 0. The lowest BCUT2D eigenvalue weighted by molar-refractivity contribution is -0.123. The standard InChI is InChI=1S/C22H19N3O3S2/c1-13(2)25-21(27)17(30-22(25)29)12-16-19(28-15-9-5-4-6-10-15)23-18-14(3)8-7-11-24(18)20(16)26/h4-13H,1-3H3/b17-12-. The van der Waals surface area contributed by atoms with Crippen molar-refractivity contribution in [3.8, 4) is 11.6 Å². The fourth-order valence-electron chi connectivity index (χ4n) is 3.15. The fraction of sp³-hybridized carbons (Fsp3) is 0.182. The maximum atomic E-state index is 13.3. The number of hydrogen-bond donors (Lipinski definition) is 0. The summed E-state index contributed by atoms with van der Waals surface area (Å²) in [5.74, 6) is 0.474. The van der Waals surface area contributed by atoms with Crippen LogP contribution in [0.3, 0.4) is 0 Å². The number of pyridine rings is 1. The highest BCUT2D eigenvalue weighted by molar-refractivity contribution is 8.26. The zero-order valence-corrected chi connectivity index (χ0v) is 18.3. The van der Waals surface area contributed by atoms with E-state index in [9.17, 15) is 9.59 Å². The lowest BCUT2D eigenvalue weighted by Crippen LogP contribution is -2.34. The second kappa shape index (κ2) is 8.04. The van der Waals surface area contributed by atoms with Crippen LogP contribution in [0.25, 0.3) is 11.7 Å². The number of thioether (sulfide) groups is 1. The molecule has 6 nitrogen and oxygen atoms in total. The van der Waals surface area contributed by atoms with E-state index in [2.05, 4.69) is 4.98 Å². The molecule has 0 N–H and O–H groups in total. The Morgan fingerprint density at radius 2 is 1.87 bits per heavy atom. The Labute approximate surface area is 183 Å². The molecule has 2 aromatic heterocycles. The number of fused-ring (bicyclic) bond motifs is 1. The lowest BCUT2D eigenvalue weighted by Gasteiger charge is -2.18. The van der Waals surface area contributed by atoms with Gasteiger partial charge < -0.3 is 4.74 Å². The molecule has 4 rings (SSSR count). The van der Waals surface area contributed by atoms with Crippen molar-refractivity contribution in [2.45, 2.75) is 26.8 Å². The quantitative estimate of drug-likeness (QED) is 0.445. The summed E-state index contributed by atoms with van der Waals surface area (Å²) in [4.78, 5) is 32.7. The molecule has 1 fully saturated rings. The van der Waals surface area contributed by atoms with Crippen molar-refractivity contribution in [3.05, 3.63) is 75.0 Å². The number of carbonyl (C=O) groups is 1. The van der Waals surface area contributed by atoms with Crippen molar-refractivity contribution in [2.24, 2.45) is 0 Å². The molecule has 0 unspecified atom stereocenters. The molecule has 0 atom stereocenters. The largest absolute Gasteiger partial charge is 0.438 e. The van der Waals surface area contributed by atoms with Crippen molar-refractivity contribution in [1.29, 1.82) is 0 Å². The van der Waals surface area contributed by atoms with Crippen LogP contribution in [-0.4, -0.2) is 30.6 Å². The highest BCUT2D eigenvalue weighted by Gasteiger charge is 2.34. The molecule has 1 saturated heterocycles. The molecular formula is C22H19N3O3S2. The molecule has 0 aliphatic carbocycles. The highest BCUT2D eigenvalue weighted by atomic mass is 32.2. The van der Waals surface area contributed by atoms with Crippen LogP contribution in [0.4, 0.5) is 0 Å². The van der Waals surface area contributed by atoms with E-state index in [1.165, 1.54) is 22.2 Å². The van der Waals surface area contributed by atoms with Crippen LogP contribution < -0.4 is 10.3 Å². The molecule has 1 aromatic carbocycles. The SMILES string of the molecule is Cc1cccn2c(=O)c(/C=C3\SC(=S)N(C(C)C)C3=O)c(Oc3ccccc3)nc12. The van der Waals surface area contributed by atoms with Crippen LogP contribution in [-0.2, 0) is 4.79 Å². The van der Waals surface area contributed by atoms with Crippen LogP contribution in [0.1, 0.15) is 25.0 Å². The van der Waals surface area contributed by atoms with Crippen molar-refractivity contribution < 1.29 is 9.53 Å². The first kappa shape index (κ1) is 20.3. The highest BCUT2D eigenvalue weighted by Crippen LogP contribution is 2.35. The third-order valence-electron chi connectivity index (χ3n) is 4.62. The van der Waals surface area contributed by atoms with E-state index in [1.807, 2.05) is 45.0 Å². The minimum atomic E-state index is -0.315. The Hall–Kier alpha value is -2.97. The minimum absolute atomic E-state index is 0.0677. The Bertz CT molecular complexity index is 1250. The Morgan fingerprint density at radius 1 is 1.13 bits per heavy atom. The molecule has 152 valence electrons. The van der Waals surface area contributed by atoms with Crippen LogP contribution in [0.15, 0.2) is 58.4 Å². The van der Waals surface area contributed by atoms with Gasteiger partial charge in [0.2, 0.25) is 5.88 Å². The number of nitrogens with zero attached hydrogens (tertiary/aromatic N) is 3. The summed E-state index contributed by atoms with van der Waals surface area (Å²) in [6, 6.07) is 12.7. The topological polar surface area (TPSA) is 63.9 Å². The average Bonchev–Trinajstić information content (AvgIpc) is 2.99. The van der Waals surface area contributed by atoms with Crippen LogP contribution in [0.2, 0.25) is 0 Å². The number of aromatic nitrogens is 2. The van der Waals surface area contributed by atoms with E-state index >= 15 is 0 Å². The summed E-state index contributed by atoms with van der Waals surface area (Å²) in [6.07, 6.45) is 3.19. The number of para-hydroxylation sites is 1. The van der Waals surface area contributed by atoms with Gasteiger partial charge >= 0.3 is 0 Å². The number of carbonyl (C=O) groups excluding carboxylic acids is 1. The molecule has 1 aliphatic rings. The number of amides is 1. The van der Waals surface area contributed by atoms with E-state index in [-0.39, 0.29) is 29.0 Å². The summed E-state index contributed by atoms with van der Waals surface area (Å²) < 4.78 is 7.89. The van der Waals surface area contributed by atoms with E-state index < -0.39 is 0 Å². The number of rotatable bonds is 4. The zero-order valence-electron chi connectivity index (χ0n) is 16.7. The van der Waals surface area contributed by atoms with Gasteiger partial charge in [0, 0.05) is 12.2 Å². The van der Waals surface area contributed by atoms with Gasteiger partial charge in [0.05, 0.1) is 4.91 Å². The van der Waals surface area contributed by atoms with Crippen LogP contribution >= 0.6 is 24.0 Å². The fourth-order valence-corrected chi connectivity index (χ4v) is 4.66. The third-order valence-corrected chi connectivity index (χ3v) is 5.95. The number of aryl methyl sites for hydroxylation is 1. The summed E-state index contributed by atoms with van der Waals surface area (Å²) in [5.41, 5.74) is 1.22. The maximum Gasteiger partial charge on any atom is 0.269 e. The number of benzene rings is 1. The van der Waals surface area contributed by atoms with Gasteiger partial charge in [0.1, 0.15) is 21.3 Å². The predicted octanol–water partition coefficient (Wildman–Crippen LogP) is 4.40. The van der Waals surface area contributed by atoms with Gasteiger partial charge in [-0.2, -0.15) is 4.98 Å². The molecule has 0 saturated carbocycles. The Balaban J connectivity index is 1.91. The first-order chi connectivity index (χ1) is 14.4. The van der Waals surface area contributed by atoms with Gasteiger partial charge in [-0.15, -0.1) is 0 Å². The van der Waals surface area contributed by atoms with Crippen LogP contribution in [0, 0.1) is 6.92 Å². The normalized spacial score (nSPS) is 15.6. The first-order valence-corrected chi connectivity index (χ1v) is 10.6. The zero-order chi connectivity index (χ0) is 21.4. The van der Waals surface area contributed by atoms with Crippen molar-refractivity contribution in [1.82, 2.24) is 14.3 Å². The smallest absolute Gasteiger partial charge is 0.269 e. The number of thiocarbonyl (C=S) groups is 1. The predicted molar refractivity (Wildman–Crippen MR) is 123 cm³/mol. The van der Waals surface area contributed by atoms with Gasteiger partial charge in [-0.3, -0.25) is 18.9 Å². The maximum absolute atomic E-state index is 13.3. The van der Waals surface area contributed by atoms with Crippen molar-refractivity contribution >= 4 is 45.9 Å². The number of ether oxygens (including phenoxy) is 1. The van der Waals surface area contributed by atoms with Gasteiger partial charge in [-0.1, -0.05) is 48.2 Å². The van der Waals surface area contributed by atoms with E-state index in [1.54, 1.807) is 29.3 Å². The van der Waals surface area contributed by atoms with Gasteiger partial charge in [0.25, 0.3) is 11.5 Å². The molecule has 0 spiro atoms. The molecule has 3 aromatic rings. The summed E-state index contributed by atoms with van der Waals surface area (Å²) in [6.45, 7) is 5.67. The first-order valence-electron chi connectivity index (χ1n) is 9.38. The molecule has 1 amide bonds. The Morgan fingerprint density at radius 3 is 2.53 bits per heavy atom. The summed E-state index contributed by atoms with van der Waals surface area (Å²) >= 11 is 6.52. The van der Waals surface area contributed by atoms with Gasteiger partial charge in [0.15, 0.2) is 0 Å². The molecule has 8 heteroatoms. The monoisotopic (exact) mass is 437 g/mol. The van der Waals surface area contributed by atoms with E-state index in [0.717, 1.165) is 5.56 Å². The minimum Gasteiger partial charge on any atom is -0.438 e. The molecular weight excluding hydrogens is 418 g/mol. The molecule has 30 heavy (non-hydrogen) atoms. The molecule has 3 heterocycles. The summed E-state index contributed by atoms with van der Waals surface area (Å²) in [5, 5.41) is 0. The van der Waals surface area contributed by atoms with Gasteiger partial charge in [-0.25, -0.2) is 0 Å². The van der Waals surface area contributed by atoms with Crippen molar-refractivity contribution in [3.63, 3.8) is 0 Å². The molecule has 0 bridgehead atoms. The second-order valence-corrected chi connectivity index (χ2v) is 8.76. The number of hydrogen-bond acceptors (Lipinski definition) is 6. The molecule has 0 radical (unpaired) electrons. The van der Waals surface area contributed by atoms with Crippen molar-refractivity contribution in [2.75, 3.05) is 0 Å². The second-order valence-electron chi connectivity index (χ2n) is 7.08. The lowest BCUT2D eigenvalue weighted by atomic mass is 10.2. The average molecular weight is 438 g/mol. The van der Waals surface area contributed by atoms with E-state index in [0.29, 0.717) is 20.6 Å². The Kier molecular flexibility index (Phi) is 5.44. The molecule has 1 aliphatic heterocycles. The third kappa shape index (κ3) is 3.64.